The molecule has 2 aromatic rings. The highest BCUT2D eigenvalue weighted by Crippen LogP contribution is 2.26. The minimum atomic E-state index is -0.104. The average Bonchev–Trinajstić information content (AvgIpc) is 2.90. The lowest BCUT2D eigenvalue weighted by Crippen LogP contribution is -2.30. The average molecular weight is 313 g/mol. The second-order valence-electron chi connectivity index (χ2n) is 4.67. The molecule has 0 bridgehead atoms. The lowest BCUT2D eigenvalue weighted by molar-refractivity contribution is -0.122. The molecule has 2 aromatic heterocycles. The number of hydrogen-bond donors (Lipinski definition) is 2. The number of nitrogens with zero attached hydrogens (tertiary/aromatic N) is 2. The number of amides is 1. The molecule has 2 rings (SSSR count). The first kappa shape index (κ1) is 14.9. The fourth-order valence-corrected chi connectivity index (χ4v) is 2.98. The van der Waals surface area contributed by atoms with E-state index in [1.807, 2.05) is 32.9 Å². The van der Waals surface area contributed by atoms with Crippen LogP contribution in [0.25, 0.3) is 0 Å². The molecule has 0 aliphatic heterocycles. The van der Waals surface area contributed by atoms with Crippen molar-refractivity contribution in [2.24, 2.45) is 0 Å². The predicted molar refractivity (Wildman–Crippen MR) is 82.0 cm³/mol. The summed E-state index contributed by atoms with van der Waals surface area (Å²) < 4.78 is 2.33. The predicted octanol–water partition coefficient (Wildman–Crippen LogP) is 2.67. The number of aryl methyl sites for hydroxylation is 1. The van der Waals surface area contributed by atoms with E-state index in [2.05, 4.69) is 10.4 Å². The van der Waals surface area contributed by atoms with Gasteiger partial charge in [-0.1, -0.05) is 11.6 Å². The van der Waals surface area contributed by atoms with E-state index in [9.17, 15) is 4.79 Å². The highest BCUT2D eigenvalue weighted by atomic mass is 35.5. The molecular formula is C13H17ClN4OS. The van der Waals surface area contributed by atoms with Gasteiger partial charge in [-0.15, -0.1) is 11.3 Å². The zero-order valence-electron chi connectivity index (χ0n) is 11.6. The minimum absolute atomic E-state index is 0.0747. The van der Waals surface area contributed by atoms with Crippen LogP contribution in [0.1, 0.15) is 29.2 Å². The molecule has 0 aliphatic carbocycles. The number of hydrogen-bond acceptors (Lipinski definition) is 4. The second-order valence-corrected chi connectivity index (χ2v) is 6.42. The first-order valence-corrected chi connectivity index (χ1v) is 7.42. The monoisotopic (exact) mass is 312 g/mol. The smallest absolute Gasteiger partial charge is 0.242 e. The van der Waals surface area contributed by atoms with Crippen molar-refractivity contribution in [3.63, 3.8) is 0 Å². The molecule has 3 N–H and O–H groups in total. The summed E-state index contributed by atoms with van der Waals surface area (Å²) in [5, 5.41) is 7.17. The maximum Gasteiger partial charge on any atom is 0.242 e. The third-order valence-electron chi connectivity index (χ3n) is 3.13. The molecule has 0 spiro atoms. The molecule has 0 radical (unpaired) electrons. The van der Waals surface area contributed by atoms with E-state index in [1.54, 1.807) is 4.68 Å². The molecule has 0 aliphatic rings. The number of anilines is 1. The van der Waals surface area contributed by atoms with Gasteiger partial charge < -0.3 is 11.1 Å². The number of carbonyl (C=O) groups is 1. The Morgan fingerprint density at radius 3 is 2.75 bits per heavy atom. The molecule has 1 atom stereocenters. The number of nitrogen functional groups attached to an aromatic ring is 1. The standard InChI is InChI=1S/C13H17ClN4OS/c1-7(10-4-5-11(14)20-10)16-12(19)6-18-9(3)13(15)8(2)17-18/h4-5,7H,6,15H2,1-3H3,(H,16,19). The van der Waals surface area contributed by atoms with Gasteiger partial charge in [-0.3, -0.25) is 9.48 Å². The van der Waals surface area contributed by atoms with Crippen LogP contribution in [0.15, 0.2) is 12.1 Å². The molecule has 108 valence electrons. The summed E-state index contributed by atoms with van der Waals surface area (Å²) in [5.41, 5.74) is 8.03. The molecule has 0 saturated heterocycles. The van der Waals surface area contributed by atoms with Crippen molar-refractivity contribution in [1.82, 2.24) is 15.1 Å². The maximum atomic E-state index is 12.0. The van der Waals surface area contributed by atoms with E-state index in [-0.39, 0.29) is 18.5 Å². The Morgan fingerprint density at radius 2 is 2.25 bits per heavy atom. The summed E-state index contributed by atoms with van der Waals surface area (Å²) in [6.45, 7) is 5.76. The third-order valence-corrected chi connectivity index (χ3v) is 4.54. The third kappa shape index (κ3) is 3.13. The van der Waals surface area contributed by atoms with E-state index >= 15 is 0 Å². The van der Waals surface area contributed by atoms with Gasteiger partial charge in [0, 0.05) is 4.88 Å². The Bertz CT molecular complexity index is 634. The zero-order valence-corrected chi connectivity index (χ0v) is 13.2. The van der Waals surface area contributed by atoms with Crippen LogP contribution >= 0.6 is 22.9 Å². The number of rotatable bonds is 4. The van der Waals surface area contributed by atoms with Gasteiger partial charge in [-0.25, -0.2) is 0 Å². The van der Waals surface area contributed by atoms with E-state index in [1.165, 1.54) is 11.3 Å². The van der Waals surface area contributed by atoms with Gasteiger partial charge in [0.1, 0.15) is 6.54 Å². The van der Waals surface area contributed by atoms with Crippen LogP contribution in [-0.4, -0.2) is 15.7 Å². The largest absolute Gasteiger partial charge is 0.396 e. The van der Waals surface area contributed by atoms with Crippen molar-refractivity contribution in [2.45, 2.75) is 33.4 Å². The number of carbonyl (C=O) groups excluding carboxylic acids is 1. The van der Waals surface area contributed by atoms with Crippen molar-refractivity contribution in [3.8, 4) is 0 Å². The quantitative estimate of drug-likeness (QED) is 0.911. The molecule has 0 aromatic carbocycles. The molecule has 20 heavy (non-hydrogen) atoms. The molecule has 2 heterocycles. The van der Waals surface area contributed by atoms with Crippen LogP contribution in [-0.2, 0) is 11.3 Å². The number of halogens is 1. The van der Waals surface area contributed by atoms with Crippen LogP contribution in [0.5, 0.6) is 0 Å². The van der Waals surface area contributed by atoms with Crippen LogP contribution in [0.3, 0.4) is 0 Å². The van der Waals surface area contributed by atoms with Crippen molar-refractivity contribution >= 4 is 34.5 Å². The molecule has 7 heteroatoms. The van der Waals surface area contributed by atoms with Gasteiger partial charge in [-0.2, -0.15) is 5.10 Å². The van der Waals surface area contributed by atoms with Crippen LogP contribution in [0.4, 0.5) is 5.69 Å². The number of nitrogens with two attached hydrogens (primary N) is 1. The number of aromatic nitrogens is 2. The lowest BCUT2D eigenvalue weighted by Gasteiger charge is -2.12. The number of thiophene rings is 1. The van der Waals surface area contributed by atoms with Crippen LogP contribution in [0.2, 0.25) is 4.34 Å². The molecule has 1 amide bonds. The maximum absolute atomic E-state index is 12.0. The van der Waals surface area contributed by atoms with E-state index in [0.29, 0.717) is 10.0 Å². The van der Waals surface area contributed by atoms with Crippen molar-refractivity contribution in [2.75, 3.05) is 5.73 Å². The Kier molecular flexibility index (Phi) is 4.35. The van der Waals surface area contributed by atoms with Crippen molar-refractivity contribution in [3.05, 3.63) is 32.7 Å². The van der Waals surface area contributed by atoms with E-state index in [4.69, 9.17) is 17.3 Å². The SMILES string of the molecule is Cc1nn(CC(=O)NC(C)c2ccc(Cl)s2)c(C)c1N. The van der Waals surface area contributed by atoms with Crippen LogP contribution < -0.4 is 11.1 Å². The molecule has 5 nitrogen and oxygen atoms in total. The zero-order chi connectivity index (χ0) is 14.9. The molecule has 0 fully saturated rings. The topological polar surface area (TPSA) is 72.9 Å². The van der Waals surface area contributed by atoms with Gasteiger partial charge in [0.25, 0.3) is 0 Å². The Balaban J connectivity index is 2.00. The summed E-state index contributed by atoms with van der Waals surface area (Å²) in [6, 6.07) is 3.67. The van der Waals surface area contributed by atoms with Crippen molar-refractivity contribution < 1.29 is 4.79 Å². The van der Waals surface area contributed by atoms with Gasteiger partial charge >= 0.3 is 0 Å². The number of nitrogens with one attached hydrogen (secondary N) is 1. The highest BCUT2D eigenvalue weighted by Gasteiger charge is 2.15. The van der Waals surface area contributed by atoms with Gasteiger partial charge in [0.2, 0.25) is 5.91 Å². The summed E-state index contributed by atoms with van der Waals surface area (Å²) in [7, 11) is 0. The van der Waals surface area contributed by atoms with Gasteiger partial charge in [-0.05, 0) is 32.9 Å². The van der Waals surface area contributed by atoms with Crippen molar-refractivity contribution in [1.29, 1.82) is 0 Å². The second kappa shape index (κ2) is 5.85. The minimum Gasteiger partial charge on any atom is -0.396 e. The Hall–Kier alpha value is -1.53. The highest BCUT2D eigenvalue weighted by molar-refractivity contribution is 7.16. The fraction of sp³-hybridized carbons (Fsp3) is 0.385. The van der Waals surface area contributed by atoms with Gasteiger partial charge in [0.15, 0.2) is 0 Å². The van der Waals surface area contributed by atoms with Gasteiger partial charge in [0.05, 0.1) is 27.5 Å². The summed E-state index contributed by atoms with van der Waals surface area (Å²) in [6.07, 6.45) is 0. The van der Waals surface area contributed by atoms with E-state index in [0.717, 1.165) is 16.3 Å². The normalized spacial score (nSPS) is 12.4. The summed E-state index contributed by atoms with van der Waals surface area (Å²) in [5.74, 6) is -0.104. The Labute approximate surface area is 126 Å². The lowest BCUT2D eigenvalue weighted by atomic mass is 10.3. The van der Waals surface area contributed by atoms with Crippen LogP contribution in [0, 0.1) is 13.8 Å². The van der Waals surface area contributed by atoms with E-state index < -0.39 is 0 Å². The first-order chi connectivity index (χ1) is 9.38. The summed E-state index contributed by atoms with van der Waals surface area (Å²) in [4.78, 5) is 13.1. The summed E-state index contributed by atoms with van der Waals surface area (Å²) >= 11 is 7.35. The first-order valence-electron chi connectivity index (χ1n) is 6.22. The molecule has 0 saturated carbocycles. The molecular weight excluding hydrogens is 296 g/mol. The Morgan fingerprint density at radius 1 is 1.55 bits per heavy atom. The fourth-order valence-electron chi connectivity index (χ4n) is 1.92. The molecule has 1 unspecified atom stereocenters.